The fourth-order valence-electron chi connectivity index (χ4n) is 4.71. The molecule has 0 radical (unpaired) electrons. The van der Waals surface area contributed by atoms with Crippen molar-refractivity contribution in [3.8, 4) is 23.3 Å². The minimum absolute atomic E-state index is 0.0163. The molecule has 16 heteroatoms. The third kappa shape index (κ3) is 5.93. The molecule has 1 amide bonds. The molecule has 1 aliphatic heterocycles. The van der Waals surface area contributed by atoms with Crippen LogP contribution < -0.4 is 9.64 Å². The molecule has 4 aromatic rings. The number of pyridine rings is 1. The van der Waals surface area contributed by atoms with Gasteiger partial charge in [0.15, 0.2) is 11.6 Å². The lowest BCUT2D eigenvalue weighted by Crippen LogP contribution is -2.55. The maximum atomic E-state index is 15.9. The van der Waals surface area contributed by atoms with Crippen molar-refractivity contribution in [3.05, 3.63) is 64.0 Å². The lowest BCUT2D eigenvalue weighted by molar-refractivity contribution is -0.137. The zero-order valence-corrected chi connectivity index (χ0v) is 22.9. The average molecular weight is 620 g/mol. The van der Waals surface area contributed by atoms with Crippen LogP contribution in [0.5, 0.6) is 6.01 Å². The van der Waals surface area contributed by atoms with Crippen LogP contribution in [0.3, 0.4) is 0 Å². The minimum atomic E-state index is -4.93. The number of halogens is 6. The summed E-state index contributed by atoms with van der Waals surface area (Å²) in [6, 6.07) is 2.46. The summed E-state index contributed by atoms with van der Waals surface area (Å²) in [6.45, 7) is -0.0338. The molecule has 1 atom stereocenters. The molecule has 1 aliphatic rings. The minimum Gasteiger partial charge on any atom is -0.467 e. The quantitative estimate of drug-likeness (QED) is 0.209. The van der Waals surface area contributed by atoms with Gasteiger partial charge in [-0.05, 0) is 18.2 Å². The molecule has 0 spiro atoms. The highest BCUT2D eigenvalue weighted by molar-refractivity contribution is 7.10. The maximum absolute atomic E-state index is 15.9. The Hall–Kier alpha value is -4.78. The van der Waals surface area contributed by atoms with Crippen molar-refractivity contribution in [2.24, 2.45) is 0 Å². The Morgan fingerprint density at radius 2 is 2.02 bits per heavy atom. The van der Waals surface area contributed by atoms with Gasteiger partial charge in [0.2, 0.25) is 0 Å². The standard InChI is InChI=1S/C27H19F6N7O2S/c1-42-26-37-23-17(12-36-22(21(23)30)16-10-14(28)2-3-18(16)27(31,32)33)24(38-26)39-7-8-40(15(13-39)4-5-34)25(41)19(29)11-20-35-6-9-43-20/h2-3,6,9-12,15H,4,7-8,13H2,1H3/b19-11-. The van der Waals surface area contributed by atoms with Crippen LogP contribution in [-0.4, -0.2) is 63.5 Å². The van der Waals surface area contributed by atoms with E-state index in [9.17, 15) is 32.0 Å². The molecule has 3 aromatic heterocycles. The molecule has 1 aromatic carbocycles. The number of anilines is 1. The Labute approximate surface area is 243 Å². The summed E-state index contributed by atoms with van der Waals surface area (Å²) < 4.78 is 90.7. The number of methoxy groups -OCH3 is 1. The van der Waals surface area contributed by atoms with Gasteiger partial charge in [-0.2, -0.15) is 28.4 Å². The Morgan fingerprint density at radius 3 is 2.70 bits per heavy atom. The van der Waals surface area contributed by atoms with Gasteiger partial charge in [-0.25, -0.2) is 18.2 Å². The first kappa shape index (κ1) is 29.7. The highest BCUT2D eigenvalue weighted by atomic mass is 32.1. The number of fused-ring (bicyclic) bond motifs is 1. The number of hydrogen-bond donors (Lipinski definition) is 0. The molecule has 0 bridgehead atoms. The summed E-state index contributed by atoms with van der Waals surface area (Å²) in [4.78, 5) is 31.8. The van der Waals surface area contributed by atoms with Crippen LogP contribution in [0.1, 0.15) is 17.0 Å². The first-order valence-corrected chi connectivity index (χ1v) is 13.4. The molecule has 222 valence electrons. The molecule has 1 unspecified atom stereocenters. The largest absolute Gasteiger partial charge is 0.467 e. The second kappa shape index (κ2) is 11.8. The van der Waals surface area contributed by atoms with Crippen LogP contribution in [0, 0.1) is 23.0 Å². The lowest BCUT2D eigenvalue weighted by atomic mass is 10.0. The predicted octanol–water partition coefficient (Wildman–Crippen LogP) is 5.40. The number of amides is 1. The van der Waals surface area contributed by atoms with Crippen LogP contribution in [0.4, 0.5) is 32.2 Å². The van der Waals surface area contributed by atoms with E-state index in [4.69, 9.17) is 4.74 Å². The van der Waals surface area contributed by atoms with E-state index in [0.717, 1.165) is 23.6 Å². The zero-order chi connectivity index (χ0) is 30.9. The normalized spacial score (nSPS) is 16.0. The summed E-state index contributed by atoms with van der Waals surface area (Å²) in [6.07, 6.45) is -1.59. The Morgan fingerprint density at radius 1 is 1.23 bits per heavy atom. The van der Waals surface area contributed by atoms with Crippen LogP contribution in [0.2, 0.25) is 0 Å². The number of ether oxygens (including phenoxy) is 1. The van der Waals surface area contributed by atoms with E-state index in [-0.39, 0.29) is 48.3 Å². The number of nitrogens with zero attached hydrogens (tertiary/aromatic N) is 7. The van der Waals surface area contributed by atoms with Gasteiger partial charge in [0.1, 0.15) is 27.9 Å². The smallest absolute Gasteiger partial charge is 0.417 e. The van der Waals surface area contributed by atoms with Gasteiger partial charge in [0.05, 0.1) is 36.6 Å². The number of hydrogen-bond acceptors (Lipinski definition) is 9. The Balaban J connectivity index is 1.54. The highest BCUT2D eigenvalue weighted by Crippen LogP contribution is 2.40. The number of nitriles is 1. The van der Waals surface area contributed by atoms with E-state index in [0.29, 0.717) is 18.2 Å². The van der Waals surface area contributed by atoms with Crippen LogP contribution in [0.15, 0.2) is 41.8 Å². The van der Waals surface area contributed by atoms with E-state index in [1.807, 2.05) is 6.07 Å². The third-order valence-corrected chi connectivity index (χ3v) is 7.37. The topological polar surface area (TPSA) is 108 Å². The number of benzene rings is 1. The van der Waals surface area contributed by atoms with Gasteiger partial charge < -0.3 is 14.5 Å². The summed E-state index contributed by atoms with van der Waals surface area (Å²) in [7, 11) is 1.20. The average Bonchev–Trinajstić information content (AvgIpc) is 3.49. The third-order valence-electron chi connectivity index (χ3n) is 6.64. The fourth-order valence-corrected chi connectivity index (χ4v) is 5.26. The first-order valence-electron chi connectivity index (χ1n) is 12.5. The fraction of sp³-hybridized carbons (Fsp3) is 0.259. The van der Waals surface area contributed by atoms with Crippen molar-refractivity contribution in [2.75, 3.05) is 31.6 Å². The molecule has 5 rings (SSSR count). The van der Waals surface area contributed by atoms with E-state index in [2.05, 4.69) is 19.9 Å². The summed E-state index contributed by atoms with van der Waals surface area (Å²) >= 11 is 1.14. The van der Waals surface area contributed by atoms with Gasteiger partial charge in [-0.15, -0.1) is 11.3 Å². The van der Waals surface area contributed by atoms with Gasteiger partial charge in [-0.3, -0.25) is 9.78 Å². The van der Waals surface area contributed by atoms with Crippen molar-refractivity contribution >= 4 is 40.0 Å². The van der Waals surface area contributed by atoms with Crippen molar-refractivity contribution in [1.29, 1.82) is 5.26 Å². The molecular formula is C27H19F6N7O2S. The van der Waals surface area contributed by atoms with Gasteiger partial charge in [-0.1, -0.05) is 0 Å². The second-order valence-corrected chi connectivity index (χ2v) is 10.2. The molecule has 1 saturated heterocycles. The molecule has 43 heavy (non-hydrogen) atoms. The van der Waals surface area contributed by atoms with E-state index >= 15 is 4.39 Å². The number of carbonyl (C=O) groups is 1. The molecule has 1 fully saturated rings. The molecular weight excluding hydrogens is 600 g/mol. The SMILES string of the molecule is COc1nc(N2CCN(C(=O)/C(F)=C/c3nccs3)C(CC#N)C2)c2cnc(-c3cc(F)ccc3C(F)(F)F)c(F)c2n1. The highest BCUT2D eigenvalue weighted by Gasteiger charge is 2.37. The molecule has 9 nitrogen and oxygen atoms in total. The number of thiazole rings is 1. The number of rotatable bonds is 6. The first-order chi connectivity index (χ1) is 20.5. The van der Waals surface area contributed by atoms with Gasteiger partial charge in [0, 0.05) is 49.0 Å². The second-order valence-electron chi connectivity index (χ2n) is 9.23. The molecule has 0 aliphatic carbocycles. The number of alkyl halides is 3. The lowest BCUT2D eigenvalue weighted by Gasteiger charge is -2.41. The Bertz CT molecular complexity index is 1760. The zero-order valence-electron chi connectivity index (χ0n) is 22.1. The van der Waals surface area contributed by atoms with Gasteiger partial charge in [0.25, 0.3) is 5.91 Å². The summed E-state index contributed by atoms with van der Waals surface area (Å²) in [5.74, 6) is -4.24. The summed E-state index contributed by atoms with van der Waals surface area (Å²) in [5.41, 5.74) is -3.35. The summed E-state index contributed by atoms with van der Waals surface area (Å²) in [5, 5.41) is 11.3. The van der Waals surface area contributed by atoms with Crippen LogP contribution in [0.25, 0.3) is 28.2 Å². The van der Waals surface area contributed by atoms with E-state index in [1.165, 1.54) is 18.2 Å². The number of piperazine rings is 1. The Kier molecular flexibility index (Phi) is 8.18. The number of carbonyl (C=O) groups excluding carboxylic acids is 1. The van der Waals surface area contributed by atoms with Gasteiger partial charge >= 0.3 is 12.2 Å². The maximum Gasteiger partial charge on any atom is 0.417 e. The monoisotopic (exact) mass is 619 g/mol. The molecule has 0 N–H and O–H groups in total. The van der Waals surface area contributed by atoms with E-state index < -0.39 is 57.9 Å². The van der Waals surface area contributed by atoms with Crippen molar-refractivity contribution in [3.63, 3.8) is 0 Å². The molecule has 0 saturated carbocycles. The predicted molar refractivity (Wildman–Crippen MR) is 143 cm³/mol. The van der Waals surface area contributed by atoms with Crippen molar-refractivity contribution in [2.45, 2.75) is 18.6 Å². The molecule has 4 heterocycles. The van der Waals surface area contributed by atoms with E-state index in [1.54, 1.807) is 10.3 Å². The number of aromatic nitrogens is 4. The van der Waals surface area contributed by atoms with Crippen molar-refractivity contribution < 1.29 is 35.9 Å². The van der Waals surface area contributed by atoms with Crippen LogP contribution >= 0.6 is 11.3 Å². The van der Waals surface area contributed by atoms with Crippen molar-refractivity contribution in [1.82, 2.24) is 24.8 Å². The van der Waals surface area contributed by atoms with Crippen LogP contribution in [-0.2, 0) is 11.0 Å².